The summed E-state index contributed by atoms with van der Waals surface area (Å²) in [5.41, 5.74) is -0.436. The highest BCUT2D eigenvalue weighted by Crippen LogP contribution is 2.41. The number of amides is 1. The second-order valence-corrected chi connectivity index (χ2v) is 5.23. The lowest BCUT2D eigenvalue weighted by atomic mass is 10.1. The highest BCUT2D eigenvalue weighted by Gasteiger charge is 2.59. The van der Waals surface area contributed by atoms with Crippen molar-refractivity contribution in [3.63, 3.8) is 0 Å². The van der Waals surface area contributed by atoms with E-state index in [0.29, 0.717) is 24.5 Å². The number of hydrogen-bond acceptors (Lipinski definition) is 3. The van der Waals surface area contributed by atoms with Crippen molar-refractivity contribution in [1.29, 1.82) is 0 Å². The maximum absolute atomic E-state index is 11.8. The van der Waals surface area contributed by atoms with Crippen LogP contribution in [0.5, 0.6) is 0 Å². The molecule has 1 unspecified atom stereocenters. The molecule has 2 fully saturated rings. The van der Waals surface area contributed by atoms with Crippen molar-refractivity contribution < 1.29 is 14.7 Å². The molecule has 19 heavy (non-hydrogen) atoms. The quantitative estimate of drug-likeness (QED) is 0.893. The predicted octanol–water partition coefficient (Wildman–Crippen LogP) is 1.56. The zero-order valence-corrected chi connectivity index (χ0v) is 10.9. The van der Waals surface area contributed by atoms with Gasteiger partial charge in [0.05, 0.1) is 0 Å². The molecule has 1 amide bonds. The van der Waals surface area contributed by atoms with E-state index in [1.807, 2.05) is 0 Å². The standard InChI is InChI=1S/C13H13ClN2O3/c14-9-1-3-10(4-2-9)15-7-8-16-11(17)5-6-13(15,16)12(18)19/h1-4H,5-8H2,(H,18,19). The lowest BCUT2D eigenvalue weighted by Crippen LogP contribution is -2.57. The first kappa shape index (κ1) is 12.3. The lowest BCUT2D eigenvalue weighted by Gasteiger charge is -2.36. The van der Waals surface area contributed by atoms with Crippen LogP contribution in [0.15, 0.2) is 24.3 Å². The molecule has 1 N–H and O–H groups in total. The Labute approximate surface area is 115 Å². The molecule has 2 heterocycles. The van der Waals surface area contributed by atoms with Crippen LogP contribution < -0.4 is 4.90 Å². The van der Waals surface area contributed by atoms with Gasteiger partial charge in [0, 0.05) is 36.6 Å². The molecule has 1 atom stereocenters. The first-order chi connectivity index (χ1) is 9.05. The number of anilines is 1. The Bertz CT molecular complexity index is 545. The lowest BCUT2D eigenvalue weighted by molar-refractivity contribution is -0.151. The van der Waals surface area contributed by atoms with Crippen LogP contribution in [-0.2, 0) is 9.59 Å². The molecule has 0 aliphatic carbocycles. The SMILES string of the molecule is O=C1CCC2(C(=O)O)N1CCN2c1ccc(Cl)cc1. The van der Waals surface area contributed by atoms with Crippen LogP contribution in [-0.4, -0.2) is 40.6 Å². The molecule has 3 rings (SSSR count). The zero-order valence-electron chi connectivity index (χ0n) is 10.2. The number of fused-ring (bicyclic) bond motifs is 1. The highest BCUT2D eigenvalue weighted by molar-refractivity contribution is 6.30. The van der Waals surface area contributed by atoms with Crippen molar-refractivity contribution >= 4 is 29.2 Å². The van der Waals surface area contributed by atoms with Crippen molar-refractivity contribution in [2.75, 3.05) is 18.0 Å². The fourth-order valence-corrected chi connectivity index (χ4v) is 3.16. The molecule has 0 spiro atoms. The van der Waals surface area contributed by atoms with E-state index in [1.54, 1.807) is 29.2 Å². The van der Waals surface area contributed by atoms with Gasteiger partial charge in [-0.15, -0.1) is 0 Å². The number of nitrogens with zero attached hydrogens (tertiary/aromatic N) is 2. The maximum atomic E-state index is 11.8. The van der Waals surface area contributed by atoms with E-state index in [-0.39, 0.29) is 12.3 Å². The molecular weight excluding hydrogens is 268 g/mol. The third-order valence-electron chi connectivity index (χ3n) is 3.91. The Kier molecular flexibility index (Phi) is 2.67. The van der Waals surface area contributed by atoms with Gasteiger partial charge in [-0.2, -0.15) is 0 Å². The summed E-state index contributed by atoms with van der Waals surface area (Å²) in [6, 6.07) is 7.04. The Morgan fingerprint density at radius 2 is 1.84 bits per heavy atom. The van der Waals surface area contributed by atoms with Gasteiger partial charge in [-0.25, -0.2) is 4.79 Å². The minimum atomic E-state index is -1.22. The van der Waals surface area contributed by atoms with E-state index in [9.17, 15) is 14.7 Å². The molecule has 2 saturated heterocycles. The summed E-state index contributed by atoms with van der Waals surface area (Å²) >= 11 is 5.85. The molecule has 0 bridgehead atoms. The minimum Gasteiger partial charge on any atom is -0.478 e. The van der Waals surface area contributed by atoms with Crippen LogP contribution in [0, 0.1) is 0 Å². The van der Waals surface area contributed by atoms with E-state index < -0.39 is 11.6 Å². The Morgan fingerprint density at radius 1 is 1.21 bits per heavy atom. The largest absolute Gasteiger partial charge is 0.478 e. The van der Waals surface area contributed by atoms with Crippen LogP contribution in [0.4, 0.5) is 5.69 Å². The average molecular weight is 281 g/mol. The third-order valence-corrected chi connectivity index (χ3v) is 4.16. The fraction of sp³-hybridized carbons (Fsp3) is 0.385. The van der Waals surface area contributed by atoms with Gasteiger partial charge in [-0.3, -0.25) is 4.79 Å². The number of carboxylic acid groups (broad SMARTS) is 1. The van der Waals surface area contributed by atoms with Gasteiger partial charge in [0.1, 0.15) is 0 Å². The fourth-order valence-electron chi connectivity index (χ4n) is 3.03. The normalized spacial score (nSPS) is 25.8. The average Bonchev–Trinajstić information content (AvgIpc) is 2.91. The van der Waals surface area contributed by atoms with Crippen molar-refractivity contribution in [1.82, 2.24) is 4.90 Å². The van der Waals surface area contributed by atoms with Gasteiger partial charge in [0.25, 0.3) is 0 Å². The molecule has 0 aromatic heterocycles. The molecular formula is C13H13ClN2O3. The summed E-state index contributed by atoms with van der Waals surface area (Å²) in [7, 11) is 0. The number of hydrogen-bond donors (Lipinski definition) is 1. The van der Waals surface area contributed by atoms with E-state index in [2.05, 4.69) is 0 Å². The number of carbonyl (C=O) groups is 2. The number of benzene rings is 1. The highest BCUT2D eigenvalue weighted by atomic mass is 35.5. The molecule has 6 heteroatoms. The second kappa shape index (κ2) is 4.13. The maximum Gasteiger partial charge on any atom is 0.350 e. The van der Waals surface area contributed by atoms with Gasteiger partial charge < -0.3 is 14.9 Å². The van der Waals surface area contributed by atoms with E-state index in [4.69, 9.17) is 11.6 Å². The monoisotopic (exact) mass is 280 g/mol. The Hall–Kier alpha value is -1.75. The molecule has 5 nitrogen and oxygen atoms in total. The summed E-state index contributed by atoms with van der Waals surface area (Å²) in [4.78, 5) is 26.8. The Morgan fingerprint density at radius 3 is 2.47 bits per heavy atom. The number of carboxylic acids is 1. The first-order valence-corrected chi connectivity index (χ1v) is 6.50. The Balaban J connectivity index is 2.04. The number of aliphatic carboxylic acids is 1. The van der Waals surface area contributed by atoms with E-state index in [0.717, 1.165) is 5.69 Å². The summed E-state index contributed by atoms with van der Waals surface area (Å²) in [6.07, 6.45) is 0.611. The van der Waals surface area contributed by atoms with Crippen LogP contribution in [0.25, 0.3) is 0 Å². The third kappa shape index (κ3) is 1.61. The number of carbonyl (C=O) groups excluding carboxylic acids is 1. The summed E-state index contributed by atoms with van der Waals surface area (Å²) in [6.45, 7) is 0.980. The zero-order chi connectivity index (χ0) is 13.6. The van der Waals surface area contributed by atoms with Crippen LogP contribution >= 0.6 is 11.6 Å². The molecule has 0 radical (unpaired) electrons. The van der Waals surface area contributed by atoms with E-state index in [1.165, 1.54) is 4.90 Å². The van der Waals surface area contributed by atoms with Gasteiger partial charge in [-0.05, 0) is 24.3 Å². The van der Waals surface area contributed by atoms with Gasteiger partial charge in [0.15, 0.2) is 0 Å². The molecule has 1 aromatic carbocycles. The van der Waals surface area contributed by atoms with Crippen LogP contribution in [0.3, 0.4) is 0 Å². The summed E-state index contributed by atoms with van der Waals surface area (Å²) in [5.74, 6) is -1.05. The van der Waals surface area contributed by atoms with Crippen LogP contribution in [0.1, 0.15) is 12.8 Å². The summed E-state index contributed by atoms with van der Waals surface area (Å²) in [5, 5.41) is 10.2. The molecule has 2 aliphatic rings. The van der Waals surface area contributed by atoms with Crippen molar-refractivity contribution in [3.05, 3.63) is 29.3 Å². The molecule has 100 valence electrons. The van der Waals surface area contributed by atoms with Crippen molar-refractivity contribution in [2.24, 2.45) is 0 Å². The summed E-state index contributed by atoms with van der Waals surface area (Å²) < 4.78 is 0. The molecule has 1 aromatic rings. The molecule has 0 saturated carbocycles. The molecule has 2 aliphatic heterocycles. The van der Waals surface area contributed by atoms with Crippen LogP contribution in [0.2, 0.25) is 5.02 Å². The number of rotatable bonds is 2. The van der Waals surface area contributed by atoms with Gasteiger partial charge in [0.2, 0.25) is 11.6 Å². The van der Waals surface area contributed by atoms with E-state index >= 15 is 0 Å². The van der Waals surface area contributed by atoms with Crippen molar-refractivity contribution in [2.45, 2.75) is 18.5 Å². The van der Waals surface area contributed by atoms with Gasteiger partial charge in [-0.1, -0.05) is 11.6 Å². The number of halogens is 1. The first-order valence-electron chi connectivity index (χ1n) is 6.13. The smallest absolute Gasteiger partial charge is 0.350 e. The topological polar surface area (TPSA) is 60.9 Å². The van der Waals surface area contributed by atoms with Gasteiger partial charge >= 0.3 is 5.97 Å². The predicted molar refractivity (Wildman–Crippen MR) is 70.1 cm³/mol. The van der Waals surface area contributed by atoms with Crippen molar-refractivity contribution in [3.8, 4) is 0 Å². The second-order valence-electron chi connectivity index (χ2n) is 4.80. The minimum absolute atomic E-state index is 0.0844.